The molecule has 0 heterocycles. The molecule has 0 radical (unpaired) electrons. The van der Waals surface area contributed by atoms with Crippen molar-refractivity contribution in [2.75, 3.05) is 6.61 Å². The minimum Gasteiger partial charge on any atom is -0.328 e. The summed E-state index contributed by atoms with van der Waals surface area (Å²) in [5.41, 5.74) is 1.21. The van der Waals surface area contributed by atoms with E-state index in [0.29, 0.717) is 12.5 Å². The third-order valence-electron chi connectivity index (χ3n) is 3.00. The highest BCUT2D eigenvalue weighted by molar-refractivity contribution is 7.39. The van der Waals surface area contributed by atoms with Gasteiger partial charge in [-0.05, 0) is 17.9 Å². The van der Waals surface area contributed by atoms with E-state index in [0.717, 1.165) is 12.8 Å². The van der Waals surface area contributed by atoms with Gasteiger partial charge in [-0.2, -0.15) is 0 Å². The Labute approximate surface area is 111 Å². The monoisotopic (exact) mass is 270 g/mol. The van der Waals surface area contributed by atoms with Crippen LogP contribution >= 0.6 is 8.60 Å². The molecule has 1 aromatic carbocycles. The Balaban J connectivity index is 2.52. The zero-order chi connectivity index (χ0) is 13.4. The average molecular weight is 270 g/mol. The van der Waals surface area contributed by atoms with E-state index in [9.17, 15) is 0 Å². The molecule has 1 rings (SSSR count). The Bertz CT molecular complexity index is 314. The SMILES string of the molecule is CC(C)CCCC(COP(O)O)c1ccccc1. The molecule has 0 saturated carbocycles. The number of benzene rings is 1. The first-order chi connectivity index (χ1) is 8.59. The summed E-state index contributed by atoms with van der Waals surface area (Å²) >= 11 is 0. The van der Waals surface area contributed by atoms with Crippen molar-refractivity contribution >= 4 is 8.60 Å². The third kappa shape index (κ3) is 6.46. The van der Waals surface area contributed by atoms with Gasteiger partial charge in [0, 0.05) is 5.92 Å². The van der Waals surface area contributed by atoms with Crippen molar-refractivity contribution in [2.24, 2.45) is 5.92 Å². The number of rotatable bonds is 8. The summed E-state index contributed by atoms with van der Waals surface area (Å²) in [6.07, 6.45) is 3.34. The minimum atomic E-state index is -2.25. The summed E-state index contributed by atoms with van der Waals surface area (Å²) in [5, 5.41) is 0. The molecule has 0 bridgehead atoms. The largest absolute Gasteiger partial charge is 0.328 e. The van der Waals surface area contributed by atoms with Gasteiger partial charge in [-0.1, -0.05) is 57.0 Å². The molecule has 1 aromatic rings. The Kier molecular flexibility index (Phi) is 7.45. The summed E-state index contributed by atoms with van der Waals surface area (Å²) in [6.45, 7) is 4.81. The first-order valence-corrected chi connectivity index (χ1v) is 7.62. The van der Waals surface area contributed by atoms with Crippen molar-refractivity contribution in [3.05, 3.63) is 35.9 Å². The molecule has 0 saturated heterocycles. The lowest BCUT2D eigenvalue weighted by molar-refractivity contribution is 0.231. The lowest BCUT2D eigenvalue weighted by Gasteiger charge is -2.18. The summed E-state index contributed by atoms with van der Waals surface area (Å²) in [7, 11) is -2.25. The Morgan fingerprint density at radius 2 is 1.78 bits per heavy atom. The summed E-state index contributed by atoms with van der Waals surface area (Å²) in [5.74, 6) is 0.949. The molecule has 2 N–H and O–H groups in total. The van der Waals surface area contributed by atoms with Crippen LogP contribution in [0.2, 0.25) is 0 Å². The third-order valence-corrected chi connectivity index (χ3v) is 3.38. The molecule has 0 spiro atoms. The quantitative estimate of drug-likeness (QED) is 0.706. The number of hydrogen-bond donors (Lipinski definition) is 2. The van der Waals surface area contributed by atoms with Crippen LogP contribution in [0.5, 0.6) is 0 Å². The van der Waals surface area contributed by atoms with E-state index in [1.54, 1.807) is 0 Å². The van der Waals surface area contributed by atoms with Crippen molar-refractivity contribution in [1.82, 2.24) is 0 Å². The van der Waals surface area contributed by atoms with Gasteiger partial charge in [-0.3, -0.25) is 0 Å². The molecule has 0 fully saturated rings. The maximum Gasteiger partial charge on any atom is 0.327 e. The van der Waals surface area contributed by atoms with Crippen LogP contribution in [-0.2, 0) is 4.52 Å². The van der Waals surface area contributed by atoms with Crippen molar-refractivity contribution in [1.29, 1.82) is 0 Å². The molecule has 0 aromatic heterocycles. The van der Waals surface area contributed by atoms with Gasteiger partial charge in [0.25, 0.3) is 0 Å². The smallest absolute Gasteiger partial charge is 0.327 e. The zero-order valence-corrected chi connectivity index (χ0v) is 12.0. The van der Waals surface area contributed by atoms with Crippen LogP contribution in [-0.4, -0.2) is 16.4 Å². The van der Waals surface area contributed by atoms with E-state index >= 15 is 0 Å². The van der Waals surface area contributed by atoms with Gasteiger partial charge in [-0.25, -0.2) is 0 Å². The molecule has 0 aliphatic heterocycles. The van der Waals surface area contributed by atoms with Crippen LogP contribution in [0.15, 0.2) is 30.3 Å². The molecule has 0 amide bonds. The molecular weight excluding hydrogens is 247 g/mol. The van der Waals surface area contributed by atoms with Crippen molar-refractivity contribution in [3.8, 4) is 0 Å². The average Bonchev–Trinajstić information content (AvgIpc) is 2.34. The molecular formula is C14H23O3P. The second-order valence-electron chi connectivity index (χ2n) is 4.98. The lowest BCUT2D eigenvalue weighted by Crippen LogP contribution is -2.07. The van der Waals surface area contributed by atoms with Crippen molar-refractivity contribution in [3.63, 3.8) is 0 Å². The Morgan fingerprint density at radius 3 is 2.33 bits per heavy atom. The minimum absolute atomic E-state index is 0.245. The maximum absolute atomic E-state index is 8.86. The normalized spacial score (nSPS) is 13.2. The van der Waals surface area contributed by atoms with Crippen LogP contribution in [0.4, 0.5) is 0 Å². The molecule has 3 nitrogen and oxygen atoms in total. The molecule has 1 atom stereocenters. The maximum atomic E-state index is 8.86. The van der Waals surface area contributed by atoms with Gasteiger partial charge in [0.2, 0.25) is 0 Å². The second-order valence-corrected chi connectivity index (χ2v) is 5.74. The van der Waals surface area contributed by atoms with Crippen LogP contribution < -0.4 is 0 Å². The highest BCUT2D eigenvalue weighted by atomic mass is 31.2. The van der Waals surface area contributed by atoms with E-state index in [1.165, 1.54) is 12.0 Å². The molecule has 0 aliphatic rings. The topological polar surface area (TPSA) is 49.7 Å². The van der Waals surface area contributed by atoms with Gasteiger partial charge in [0.1, 0.15) is 0 Å². The number of hydrogen-bond acceptors (Lipinski definition) is 3. The fourth-order valence-electron chi connectivity index (χ4n) is 2.00. The highest BCUT2D eigenvalue weighted by Gasteiger charge is 2.14. The van der Waals surface area contributed by atoms with Gasteiger partial charge < -0.3 is 14.3 Å². The van der Waals surface area contributed by atoms with E-state index in [-0.39, 0.29) is 5.92 Å². The Hall–Kier alpha value is -0.470. The fraction of sp³-hybridized carbons (Fsp3) is 0.571. The fourth-order valence-corrected chi connectivity index (χ4v) is 2.31. The van der Waals surface area contributed by atoms with Crippen molar-refractivity contribution in [2.45, 2.75) is 39.0 Å². The summed E-state index contributed by atoms with van der Waals surface area (Å²) in [4.78, 5) is 17.7. The van der Waals surface area contributed by atoms with Crippen LogP contribution in [0.1, 0.15) is 44.6 Å². The van der Waals surface area contributed by atoms with Crippen LogP contribution in [0.25, 0.3) is 0 Å². The van der Waals surface area contributed by atoms with Gasteiger partial charge >= 0.3 is 8.60 Å². The van der Waals surface area contributed by atoms with E-state index in [2.05, 4.69) is 26.0 Å². The first kappa shape index (κ1) is 15.6. The van der Waals surface area contributed by atoms with Crippen molar-refractivity contribution < 1.29 is 14.3 Å². The molecule has 4 heteroatoms. The summed E-state index contributed by atoms with van der Waals surface area (Å²) in [6, 6.07) is 10.1. The van der Waals surface area contributed by atoms with Gasteiger partial charge in [-0.15, -0.1) is 0 Å². The molecule has 0 aliphatic carbocycles. The summed E-state index contributed by atoms with van der Waals surface area (Å²) < 4.78 is 4.99. The van der Waals surface area contributed by atoms with Gasteiger partial charge in [0.15, 0.2) is 0 Å². The molecule has 1 unspecified atom stereocenters. The predicted octanol–water partition coefficient (Wildman–Crippen LogP) is 3.82. The molecule has 102 valence electrons. The van der Waals surface area contributed by atoms with E-state index in [4.69, 9.17) is 14.3 Å². The first-order valence-electron chi connectivity index (χ1n) is 6.45. The predicted molar refractivity (Wildman–Crippen MR) is 75.2 cm³/mol. The van der Waals surface area contributed by atoms with E-state index < -0.39 is 8.60 Å². The second kappa shape index (κ2) is 8.60. The zero-order valence-electron chi connectivity index (χ0n) is 11.1. The van der Waals surface area contributed by atoms with Crippen LogP contribution in [0.3, 0.4) is 0 Å². The van der Waals surface area contributed by atoms with Crippen LogP contribution in [0, 0.1) is 5.92 Å². The Morgan fingerprint density at radius 1 is 1.11 bits per heavy atom. The standard InChI is InChI=1S/C14H23O3P/c1-12(2)7-6-10-14(11-17-18(15)16)13-8-4-3-5-9-13/h3-5,8-9,12,14-16H,6-7,10-11H2,1-2H3. The molecule has 18 heavy (non-hydrogen) atoms. The van der Waals surface area contributed by atoms with Gasteiger partial charge in [0.05, 0.1) is 6.61 Å². The highest BCUT2D eigenvalue weighted by Crippen LogP contribution is 2.30. The lowest BCUT2D eigenvalue weighted by atomic mass is 9.93. The van der Waals surface area contributed by atoms with E-state index in [1.807, 2.05) is 18.2 Å².